The molecule has 0 saturated carbocycles. The predicted octanol–water partition coefficient (Wildman–Crippen LogP) is 0.818. The van der Waals surface area contributed by atoms with Gasteiger partial charge in [-0.1, -0.05) is 17.7 Å². The third-order valence-electron chi connectivity index (χ3n) is 2.87. The number of nitrogens with one attached hydrogen (secondary N) is 2. The molecule has 4 nitrogen and oxygen atoms in total. The number of aliphatic hydroxyl groups is 1. The van der Waals surface area contributed by atoms with Crippen molar-refractivity contribution in [2.75, 3.05) is 6.54 Å². The van der Waals surface area contributed by atoms with Gasteiger partial charge in [-0.3, -0.25) is 4.79 Å². The van der Waals surface area contributed by atoms with Gasteiger partial charge in [-0.2, -0.15) is 0 Å². The topological polar surface area (TPSA) is 61.4 Å². The molecule has 1 amide bonds. The monoisotopic (exact) mass is 272 g/mol. The van der Waals surface area contributed by atoms with Crippen molar-refractivity contribution in [3.8, 4) is 0 Å². The maximum atomic E-state index is 12.9. The van der Waals surface area contributed by atoms with Crippen molar-refractivity contribution in [1.82, 2.24) is 10.6 Å². The van der Waals surface area contributed by atoms with E-state index in [1.807, 2.05) is 0 Å². The summed E-state index contributed by atoms with van der Waals surface area (Å²) in [5.74, 6) is -0.653. The third-order valence-corrected chi connectivity index (χ3v) is 3.16. The zero-order chi connectivity index (χ0) is 13.1. The molecule has 0 unspecified atom stereocenters. The zero-order valence-electron chi connectivity index (χ0n) is 9.62. The predicted molar refractivity (Wildman–Crippen MR) is 65.7 cm³/mol. The zero-order valence-corrected chi connectivity index (χ0v) is 10.4. The van der Waals surface area contributed by atoms with Crippen LogP contribution in [0, 0.1) is 5.82 Å². The van der Waals surface area contributed by atoms with E-state index >= 15 is 0 Å². The maximum absolute atomic E-state index is 12.9. The van der Waals surface area contributed by atoms with E-state index in [-0.39, 0.29) is 23.5 Å². The van der Waals surface area contributed by atoms with Crippen LogP contribution in [-0.2, 0) is 11.3 Å². The number of β-amino-alcohol motifs (C(OH)–C–C–N with tert-alkyl or cyclic N) is 1. The van der Waals surface area contributed by atoms with E-state index in [1.165, 1.54) is 12.1 Å². The number of halogens is 2. The van der Waals surface area contributed by atoms with Gasteiger partial charge < -0.3 is 15.7 Å². The van der Waals surface area contributed by atoms with Crippen LogP contribution in [0.1, 0.15) is 12.0 Å². The first kappa shape index (κ1) is 13.3. The summed E-state index contributed by atoms with van der Waals surface area (Å²) >= 11 is 5.64. The summed E-state index contributed by atoms with van der Waals surface area (Å²) in [6.07, 6.45) is -0.0586. The summed E-state index contributed by atoms with van der Waals surface area (Å²) < 4.78 is 12.9. The van der Waals surface area contributed by atoms with Crippen molar-refractivity contribution in [2.45, 2.75) is 25.1 Å². The van der Waals surface area contributed by atoms with Crippen molar-refractivity contribution in [1.29, 1.82) is 0 Å². The summed E-state index contributed by atoms with van der Waals surface area (Å²) in [4.78, 5) is 11.7. The molecule has 0 bridgehead atoms. The van der Waals surface area contributed by atoms with Crippen LogP contribution in [0.2, 0.25) is 5.02 Å². The lowest BCUT2D eigenvalue weighted by atomic mass is 10.2. The van der Waals surface area contributed by atoms with Gasteiger partial charge in [-0.05, 0) is 24.1 Å². The van der Waals surface area contributed by atoms with E-state index in [4.69, 9.17) is 11.6 Å². The Balaban J connectivity index is 1.87. The average molecular weight is 273 g/mol. The molecule has 3 N–H and O–H groups in total. The molecule has 1 heterocycles. The molecule has 0 spiro atoms. The Kier molecular flexibility index (Phi) is 4.16. The van der Waals surface area contributed by atoms with Gasteiger partial charge in [0.15, 0.2) is 0 Å². The molecule has 2 atom stereocenters. The summed E-state index contributed by atoms with van der Waals surface area (Å²) in [5.41, 5.74) is 0.730. The molecule has 1 aliphatic heterocycles. The molecule has 0 radical (unpaired) electrons. The van der Waals surface area contributed by atoms with Gasteiger partial charge >= 0.3 is 0 Å². The molecule has 18 heavy (non-hydrogen) atoms. The number of hydrogen-bond acceptors (Lipinski definition) is 3. The minimum absolute atomic E-state index is 0.0381. The van der Waals surface area contributed by atoms with Crippen LogP contribution in [-0.4, -0.2) is 29.7 Å². The minimum atomic E-state index is -0.479. The minimum Gasteiger partial charge on any atom is -0.392 e. The van der Waals surface area contributed by atoms with Crippen molar-refractivity contribution >= 4 is 17.5 Å². The van der Waals surface area contributed by atoms with E-state index in [2.05, 4.69) is 10.6 Å². The highest BCUT2D eigenvalue weighted by atomic mass is 35.5. The number of aliphatic hydroxyl groups excluding tert-OH is 1. The second-order valence-corrected chi connectivity index (χ2v) is 4.72. The first-order chi connectivity index (χ1) is 8.56. The van der Waals surface area contributed by atoms with Gasteiger partial charge in [0.2, 0.25) is 5.91 Å². The lowest BCUT2D eigenvalue weighted by Gasteiger charge is -2.11. The van der Waals surface area contributed by atoms with Crippen molar-refractivity contribution in [2.24, 2.45) is 0 Å². The van der Waals surface area contributed by atoms with Crippen molar-refractivity contribution < 1.29 is 14.3 Å². The van der Waals surface area contributed by atoms with Crippen LogP contribution in [0.25, 0.3) is 0 Å². The maximum Gasteiger partial charge on any atom is 0.237 e. The van der Waals surface area contributed by atoms with Crippen LogP contribution >= 0.6 is 11.6 Å². The highest BCUT2D eigenvalue weighted by Crippen LogP contribution is 2.16. The molecular weight excluding hydrogens is 259 g/mol. The summed E-state index contributed by atoms with van der Waals surface area (Å²) in [7, 11) is 0. The molecular formula is C12H14ClFN2O2. The number of rotatable bonds is 3. The first-order valence-electron chi connectivity index (χ1n) is 5.69. The van der Waals surface area contributed by atoms with Gasteiger partial charge in [-0.15, -0.1) is 0 Å². The lowest BCUT2D eigenvalue weighted by molar-refractivity contribution is -0.123. The highest BCUT2D eigenvalue weighted by Gasteiger charge is 2.27. The number of carbonyl (C=O) groups excluding carboxylic acids is 1. The smallest absolute Gasteiger partial charge is 0.237 e. The van der Waals surface area contributed by atoms with E-state index in [9.17, 15) is 14.3 Å². The fraction of sp³-hybridized carbons (Fsp3) is 0.417. The summed E-state index contributed by atoms with van der Waals surface area (Å²) in [5, 5.41) is 15.0. The largest absolute Gasteiger partial charge is 0.392 e. The van der Waals surface area contributed by atoms with Crippen LogP contribution < -0.4 is 10.6 Å². The Morgan fingerprint density at radius 3 is 3.00 bits per heavy atom. The average Bonchev–Trinajstić information content (AvgIpc) is 2.77. The Morgan fingerprint density at radius 1 is 1.61 bits per heavy atom. The Morgan fingerprint density at radius 2 is 2.39 bits per heavy atom. The first-order valence-corrected chi connectivity index (χ1v) is 6.07. The number of carbonyl (C=O) groups is 1. The molecule has 98 valence electrons. The normalized spacial score (nSPS) is 23.1. The molecule has 0 aliphatic carbocycles. The Hall–Kier alpha value is -1.17. The quantitative estimate of drug-likeness (QED) is 0.763. The van der Waals surface area contributed by atoms with Crippen molar-refractivity contribution in [3.63, 3.8) is 0 Å². The van der Waals surface area contributed by atoms with Gasteiger partial charge in [0.1, 0.15) is 5.82 Å². The van der Waals surface area contributed by atoms with Crippen LogP contribution in [0.3, 0.4) is 0 Å². The molecule has 1 saturated heterocycles. The summed E-state index contributed by atoms with van der Waals surface area (Å²) in [6, 6.07) is 3.95. The highest BCUT2D eigenvalue weighted by molar-refractivity contribution is 6.30. The standard InChI is InChI=1S/C12H14ClFN2O2/c13-9-3-7(1-2-10(9)14)5-16-12(18)11-4-8(17)6-15-11/h1-3,8,11,15,17H,4-6H2,(H,16,18)/t8-,11-/m1/s1. The van der Waals surface area contributed by atoms with Gasteiger partial charge in [-0.25, -0.2) is 4.39 Å². The van der Waals surface area contributed by atoms with Crippen LogP contribution in [0.15, 0.2) is 18.2 Å². The lowest BCUT2D eigenvalue weighted by Crippen LogP contribution is -2.40. The molecule has 0 aromatic heterocycles. The molecule has 1 fully saturated rings. The van der Waals surface area contributed by atoms with E-state index in [1.54, 1.807) is 6.07 Å². The van der Waals surface area contributed by atoms with Gasteiger partial charge in [0, 0.05) is 13.1 Å². The number of hydrogen-bond donors (Lipinski definition) is 3. The summed E-state index contributed by atoms with van der Waals surface area (Å²) in [6.45, 7) is 0.716. The second kappa shape index (κ2) is 5.65. The van der Waals surface area contributed by atoms with Gasteiger partial charge in [0.05, 0.1) is 17.2 Å². The fourth-order valence-corrected chi connectivity index (χ4v) is 2.08. The Labute approximate surface area is 109 Å². The third kappa shape index (κ3) is 3.19. The Bertz CT molecular complexity index is 456. The number of amides is 1. The fourth-order valence-electron chi connectivity index (χ4n) is 1.88. The molecule has 1 aromatic rings. The van der Waals surface area contributed by atoms with Crippen LogP contribution in [0.5, 0.6) is 0 Å². The molecule has 6 heteroatoms. The number of benzene rings is 1. The van der Waals surface area contributed by atoms with E-state index in [0.29, 0.717) is 13.0 Å². The molecule has 2 rings (SSSR count). The van der Waals surface area contributed by atoms with E-state index in [0.717, 1.165) is 5.56 Å². The van der Waals surface area contributed by atoms with Crippen molar-refractivity contribution in [3.05, 3.63) is 34.6 Å². The van der Waals surface area contributed by atoms with E-state index < -0.39 is 11.9 Å². The van der Waals surface area contributed by atoms with Crippen LogP contribution in [0.4, 0.5) is 4.39 Å². The van der Waals surface area contributed by atoms with Gasteiger partial charge in [0.25, 0.3) is 0 Å². The second-order valence-electron chi connectivity index (χ2n) is 4.32. The SMILES string of the molecule is O=C(NCc1ccc(F)c(Cl)c1)[C@H]1C[C@@H](O)CN1. The molecule has 1 aromatic carbocycles. The molecule has 1 aliphatic rings.